The lowest BCUT2D eigenvalue weighted by atomic mass is 9.95. The molecule has 1 aromatic carbocycles. The Morgan fingerprint density at radius 1 is 1.11 bits per heavy atom. The SMILES string of the molecule is O=C(Nc1ccccc1)C1CCN(C(=O)c2sccc2-n2cnnn2)CC1. The van der Waals surface area contributed by atoms with Crippen molar-refractivity contribution >= 4 is 28.8 Å². The Labute approximate surface area is 159 Å². The number of carbonyl (C=O) groups is 2. The van der Waals surface area contributed by atoms with Gasteiger partial charge in [0.05, 0.1) is 5.69 Å². The van der Waals surface area contributed by atoms with Crippen LogP contribution in [0.25, 0.3) is 5.69 Å². The quantitative estimate of drug-likeness (QED) is 0.747. The monoisotopic (exact) mass is 382 g/mol. The van der Waals surface area contributed by atoms with Crippen LogP contribution < -0.4 is 5.32 Å². The molecule has 4 rings (SSSR count). The minimum Gasteiger partial charge on any atom is -0.338 e. The first kappa shape index (κ1) is 17.3. The molecule has 27 heavy (non-hydrogen) atoms. The summed E-state index contributed by atoms with van der Waals surface area (Å²) in [6.45, 7) is 1.11. The van der Waals surface area contributed by atoms with E-state index >= 15 is 0 Å². The van der Waals surface area contributed by atoms with Crippen LogP contribution in [0.3, 0.4) is 0 Å². The summed E-state index contributed by atoms with van der Waals surface area (Å²) in [4.78, 5) is 27.7. The molecule has 0 saturated carbocycles. The normalized spacial score (nSPS) is 14.9. The molecule has 0 atom stereocenters. The predicted molar refractivity (Wildman–Crippen MR) is 101 cm³/mol. The largest absolute Gasteiger partial charge is 0.338 e. The number of likely N-dealkylation sites (tertiary alicyclic amines) is 1. The van der Waals surface area contributed by atoms with Gasteiger partial charge in [-0.15, -0.1) is 16.4 Å². The summed E-state index contributed by atoms with van der Waals surface area (Å²) in [6.07, 6.45) is 2.77. The molecule has 2 amide bonds. The highest BCUT2D eigenvalue weighted by molar-refractivity contribution is 7.12. The summed E-state index contributed by atoms with van der Waals surface area (Å²) in [5.41, 5.74) is 1.48. The first-order valence-electron chi connectivity index (χ1n) is 8.68. The summed E-state index contributed by atoms with van der Waals surface area (Å²) >= 11 is 1.37. The fraction of sp³-hybridized carbons (Fsp3) is 0.278. The van der Waals surface area contributed by atoms with Crippen molar-refractivity contribution in [1.82, 2.24) is 25.1 Å². The van der Waals surface area contributed by atoms with Crippen LogP contribution in [0.2, 0.25) is 0 Å². The average molecular weight is 382 g/mol. The zero-order valence-corrected chi connectivity index (χ0v) is 15.3. The maximum atomic E-state index is 12.9. The summed E-state index contributed by atoms with van der Waals surface area (Å²) in [5, 5.41) is 15.9. The number of anilines is 1. The highest BCUT2D eigenvalue weighted by Gasteiger charge is 2.29. The number of benzene rings is 1. The van der Waals surface area contributed by atoms with Crippen molar-refractivity contribution in [1.29, 1.82) is 0 Å². The van der Waals surface area contributed by atoms with Crippen molar-refractivity contribution in [3.63, 3.8) is 0 Å². The van der Waals surface area contributed by atoms with Gasteiger partial charge in [0.2, 0.25) is 5.91 Å². The second-order valence-electron chi connectivity index (χ2n) is 6.31. The fourth-order valence-corrected chi connectivity index (χ4v) is 4.01. The van der Waals surface area contributed by atoms with E-state index in [0.717, 1.165) is 5.69 Å². The molecule has 138 valence electrons. The Morgan fingerprint density at radius 3 is 2.59 bits per heavy atom. The minimum absolute atomic E-state index is 0.0128. The maximum absolute atomic E-state index is 12.9. The second-order valence-corrected chi connectivity index (χ2v) is 7.23. The number of nitrogens with one attached hydrogen (secondary N) is 1. The van der Waals surface area contributed by atoms with Crippen molar-refractivity contribution in [2.24, 2.45) is 5.92 Å². The number of hydrogen-bond acceptors (Lipinski definition) is 6. The van der Waals surface area contributed by atoms with Gasteiger partial charge in [0.1, 0.15) is 11.2 Å². The molecule has 1 aliphatic heterocycles. The number of para-hydroxylation sites is 1. The van der Waals surface area contributed by atoms with Crippen molar-refractivity contribution < 1.29 is 9.59 Å². The average Bonchev–Trinajstić information content (AvgIpc) is 3.40. The lowest BCUT2D eigenvalue weighted by Gasteiger charge is -2.31. The highest BCUT2D eigenvalue weighted by atomic mass is 32.1. The Kier molecular flexibility index (Phi) is 4.93. The van der Waals surface area contributed by atoms with Gasteiger partial charge in [-0.25, -0.2) is 0 Å². The smallest absolute Gasteiger partial charge is 0.266 e. The number of piperidine rings is 1. The highest BCUT2D eigenvalue weighted by Crippen LogP contribution is 2.25. The molecule has 0 radical (unpaired) electrons. The van der Waals surface area contributed by atoms with Gasteiger partial charge >= 0.3 is 0 Å². The van der Waals surface area contributed by atoms with Gasteiger partial charge in [-0.2, -0.15) is 4.68 Å². The van der Waals surface area contributed by atoms with E-state index in [1.54, 1.807) is 4.90 Å². The molecule has 0 bridgehead atoms. The predicted octanol–water partition coefficient (Wildman–Crippen LogP) is 2.21. The van der Waals surface area contributed by atoms with E-state index in [9.17, 15) is 9.59 Å². The summed E-state index contributed by atoms with van der Waals surface area (Å²) in [6, 6.07) is 11.3. The van der Waals surface area contributed by atoms with E-state index in [2.05, 4.69) is 20.8 Å². The summed E-state index contributed by atoms with van der Waals surface area (Å²) in [7, 11) is 0. The first-order valence-corrected chi connectivity index (χ1v) is 9.56. The third-order valence-electron chi connectivity index (χ3n) is 4.63. The molecule has 3 aromatic rings. The van der Waals surface area contributed by atoms with Crippen LogP contribution in [-0.2, 0) is 4.79 Å². The van der Waals surface area contributed by atoms with E-state index in [0.29, 0.717) is 36.5 Å². The van der Waals surface area contributed by atoms with Gasteiger partial charge in [-0.1, -0.05) is 18.2 Å². The number of nitrogens with zero attached hydrogens (tertiary/aromatic N) is 5. The minimum atomic E-state index is -0.0865. The number of amides is 2. The topological polar surface area (TPSA) is 93.0 Å². The maximum Gasteiger partial charge on any atom is 0.266 e. The number of rotatable bonds is 4. The molecule has 3 heterocycles. The molecule has 1 saturated heterocycles. The van der Waals surface area contributed by atoms with Crippen molar-refractivity contribution in [2.75, 3.05) is 18.4 Å². The number of aromatic nitrogens is 4. The van der Waals surface area contributed by atoms with Crippen LogP contribution >= 0.6 is 11.3 Å². The molecule has 8 nitrogen and oxygen atoms in total. The molecule has 2 aromatic heterocycles. The van der Waals surface area contributed by atoms with Crippen molar-refractivity contribution in [3.8, 4) is 5.69 Å². The zero-order chi connectivity index (χ0) is 18.6. The molecule has 1 N–H and O–H groups in total. The third-order valence-corrected chi connectivity index (χ3v) is 5.52. The summed E-state index contributed by atoms with van der Waals surface area (Å²) in [5.74, 6) is -0.118. The fourth-order valence-electron chi connectivity index (χ4n) is 3.17. The first-order chi connectivity index (χ1) is 13.2. The lowest BCUT2D eigenvalue weighted by molar-refractivity contribution is -0.121. The molecule has 0 aliphatic carbocycles. The second kappa shape index (κ2) is 7.67. The third kappa shape index (κ3) is 3.72. The molecular formula is C18H18N6O2S. The molecule has 1 aliphatic rings. The molecule has 0 unspecified atom stereocenters. The Bertz CT molecular complexity index is 917. The van der Waals surface area contributed by atoms with Gasteiger partial charge in [-0.05, 0) is 46.8 Å². The van der Waals surface area contributed by atoms with E-state index in [4.69, 9.17) is 0 Å². The zero-order valence-electron chi connectivity index (χ0n) is 14.5. The lowest BCUT2D eigenvalue weighted by Crippen LogP contribution is -2.41. The van der Waals surface area contributed by atoms with Crippen molar-refractivity contribution in [3.05, 3.63) is 53.0 Å². The van der Waals surface area contributed by atoms with E-state index in [-0.39, 0.29) is 17.7 Å². The number of hydrogen-bond donors (Lipinski definition) is 1. The molecular weight excluding hydrogens is 364 g/mol. The van der Waals surface area contributed by atoms with Gasteiger partial charge in [-0.3, -0.25) is 9.59 Å². The number of thiophene rings is 1. The van der Waals surface area contributed by atoms with Crippen LogP contribution in [0.4, 0.5) is 5.69 Å². The van der Waals surface area contributed by atoms with E-state index < -0.39 is 0 Å². The van der Waals surface area contributed by atoms with Crippen LogP contribution in [0.5, 0.6) is 0 Å². The van der Waals surface area contributed by atoms with Crippen LogP contribution in [0, 0.1) is 5.92 Å². The van der Waals surface area contributed by atoms with E-state index in [1.807, 2.05) is 41.8 Å². The Morgan fingerprint density at radius 2 is 1.89 bits per heavy atom. The van der Waals surface area contributed by atoms with Gasteiger partial charge in [0, 0.05) is 24.7 Å². The number of carbonyl (C=O) groups excluding carboxylic acids is 2. The van der Waals surface area contributed by atoms with Crippen LogP contribution in [0.1, 0.15) is 22.5 Å². The molecule has 9 heteroatoms. The summed E-state index contributed by atoms with van der Waals surface area (Å²) < 4.78 is 1.49. The number of tetrazole rings is 1. The Hall–Kier alpha value is -3.07. The molecule has 0 spiro atoms. The Balaban J connectivity index is 1.38. The van der Waals surface area contributed by atoms with Crippen LogP contribution in [-0.4, -0.2) is 50.0 Å². The molecule has 1 fully saturated rings. The van der Waals surface area contributed by atoms with Gasteiger partial charge < -0.3 is 10.2 Å². The van der Waals surface area contributed by atoms with E-state index in [1.165, 1.54) is 22.3 Å². The van der Waals surface area contributed by atoms with Gasteiger partial charge in [0.25, 0.3) is 5.91 Å². The van der Waals surface area contributed by atoms with Crippen LogP contribution in [0.15, 0.2) is 48.1 Å². The standard InChI is InChI=1S/C18H18N6O2S/c25-17(20-14-4-2-1-3-5-14)13-6-9-23(10-7-13)18(26)16-15(8-11-27-16)24-12-19-21-22-24/h1-5,8,11-13H,6-7,9-10H2,(H,20,25). The van der Waals surface area contributed by atoms with Gasteiger partial charge in [0.15, 0.2) is 0 Å². The van der Waals surface area contributed by atoms with Crippen molar-refractivity contribution in [2.45, 2.75) is 12.8 Å².